The lowest BCUT2D eigenvalue weighted by atomic mass is 9.95. The molecule has 0 saturated heterocycles. The molecule has 3 N–H and O–H groups in total. The first-order chi connectivity index (χ1) is 11.0. The Balaban J connectivity index is 2.37. The topological polar surface area (TPSA) is 72.2 Å². The molecule has 0 aromatic heterocycles. The van der Waals surface area contributed by atoms with Crippen LogP contribution >= 0.6 is 0 Å². The van der Waals surface area contributed by atoms with Crippen LogP contribution in [-0.2, 0) is 10.0 Å². The Morgan fingerprint density at radius 3 is 1.91 bits per heavy atom. The average Bonchev–Trinajstić information content (AvgIpc) is 2.60. The standard InChI is InChI=1S/C18H24N2O2S/c1-3-14(2)23(21,22)20-18(16-12-8-5-9-13-16)17(19)15-10-6-4-7-11-15/h4-14,17-18,20H,3,19H2,1-2H3. The van der Waals surface area contributed by atoms with Crippen LogP contribution in [0, 0.1) is 0 Å². The summed E-state index contributed by atoms with van der Waals surface area (Å²) in [6.07, 6.45) is 0.553. The summed E-state index contributed by atoms with van der Waals surface area (Å²) in [5.41, 5.74) is 8.15. The Morgan fingerprint density at radius 1 is 0.957 bits per heavy atom. The van der Waals surface area contributed by atoms with Gasteiger partial charge in [-0.2, -0.15) is 0 Å². The van der Waals surface area contributed by atoms with Crippen LogP contribution in [0.2, 0.25) is 0 Å². The summed E-state index contributed by atoms with van der Waals surface area (Å²) < 4.78 is 27.8. The van der Waals surface area contributed by atoms with E-state index in [0.29, 0.717) is 6.42 Å². The lowest BCUT2D eigenvalue weighted by Crippen LogP contribution is -2.40. The van der Waals surface area contributed by atoms with Gasteiger partial charge in [-0.15, -0.1) is 0 Å². The van der Waals surface area contributed by atoms with Crippen molar-refractivity contribution in [2.45, 2.75) is 37.6 Å². The maximum absolute atomic E-state index is 12.5. The van der Waals surface area contributed by atoms with Crippen molar-refractivity contribution in [3.05, 3.63) is 71.8 Å². The molecule has 0 fully saturated rings. The Labute approximate surface area is 138 Å². The first-order valence-electron chi connectivity index (χ1n) is 7.82. The van der Waals surface area contributed by atoms with E-state index in [1.807, 2.05) is 67.6 Å². The van der Waals surface area contributed by atoms with Gasteiger partial charge in [-0.05, 0) is 24.5 Å². The van der Waals surface area contributed by atoms with E-state index in [-0.39, 0.29) is 0 Å². The van der Waals surface area contributed by atoms with Crippen LogP contribution in [0.25, 0.3) is 0 Å². The third-order valence-corrected chi connectivity index (χ3v) is 6.07. The van der Waals surface area contributed by atoms with Gasteiger partial charge in [-0.1, -0.05) is 67.6 Å². The van der Waals surface area contributed by atoms with Gasteiger partial charge in [0.05, 0.1) is 17.3 Å². The number of nitrogens with one attached hydrogen (secondary N) is 1. The summed E-state index contributed by atoms with van der Waals surface area (Å²) in [4.78, 5) is 0. The first kappa shape index (κ1) is 17.7. The van der Waals surface area contributed by atoms with E-state index in [1.54, 1.807) is 6.92 Å². The summed E-state index contributed by atoms with van der Waals surface area (Å²) >= 11 is 0. The van der Waals surface area contributed by atoms with Crippen molar-refractivity contribution in [3.63, 3.8) is 0 Å². The Kier molecular flexibility index (Phi) is 5.93. The summed E-state index contributed by atoms with van der Waals surface area (Å²) in [5.74, 6) is 0. The second-order valence-corrected chi connectivity index (χ2v) is 7.84. The molecule has 124 valence electrons. The van der Waals surface area contributed by atoms with E-state index < -0.39 is 27.4 Å². The van der Waals surface area contributed by atoms with E-state index in [4.69, 9.17) is 5.73 Å². The van der Waals surface area contributed by atoms with Gasteiger partial charge in [0.2, 0.25) is 10.0 Å². The molecule has 2 aromatic carbocycles. The van der Waals surface area contributed by atoms with Crippen molar-refractivity contribution in [1.82, 2.24) is 4.72 Å². The number of hydrogen-bond donors (Lipinski definition) is 2. The third kappa shape index (κ3) is 4.41. The lowest BCUT2D eigenvalue weighted by Gasteiger charge is -2.27. The molecule has 3 atom stereocenters. The Hall–Kier alpha value is -1.69. The molecular formula is C18H24N2O2S. The molecule has 5 heteroatoms. The molecular weight excluding hydrogens is 308 g/mol. The van der Waals surface area contributed by atoms with Crippen molar-refractivity contribution in [2.24, 2.45) is 5.73 Å². The SMILES string of the molecule is CCC(C)S(=O)(=O)NC(c1ccccc1)C(N)c1ccccc1. The van der Waals surface area contributed by atoms with Crippen LogP contribution in [0.5, 0.6) is 0 Å². The normalized spacial score (nSPS) is 15.8. The van der Waals surface area contributed by atoms with E-state index in [1.165, 1.54) is 0 Å². The highest BCUT2D eigenvalue weighted by atomic mass is 32.2. The summed E-state index contributed by atoms with van der Waals surface area (Å²) in [6, 6.07) is 18.1. The fourth-order valence-electron chi connectivity index (χ4n) is 2.39. The fraction of sp³-hybridized carbons (Fsp3) is 0.333. The van der Waals surface area contributed by atoms with E-state index in [0.717, 1.165) is 11.1 Å². The predicted octanol–water partition coefficient (Wildman–Crippen LogP) is 3.15. The maximum Gasteiger partial charge on any atom is 0.214 e. The van der Waals surface area contributed by atoms with Gasteiger partial charge in [0, 0.05) is 0 Å². The van der Waals surface area contributed by atoms with Crippen molar-refractivity contribution in [3.8, 4) is 0 Å². The molecule has 0 spiro atoms. The van der Waals surface area contributed by atoms with Crippen LogP contribution in [-0.4, -0.2) is 13.7 Å². The molecule has 23 heavy (non-hydrogen) atoms. The van der Waals surface area contributed by atoms with Gasteiger partial charge in [0.15, 0.2) is 0 Å². The molecule has 0 saturated carbocycles. The summed E-state index contributed by atoms with van der Waals surface area (Å²) in [5, 5.41) is -0.461. The van der Waals surface area contributed by atoms with Gasteiger partial charge < -0.3 is 5.73 Å². The van der Waals surface area contributed by atoms with Crippen LogP contribution in [0.1, 0.15) is 43.5 Å². The maximum atomic E-state index is 12.5. The van der Waals surface area contributed by atoms with Gasteiger partial charge in [-0.3, -0.25) is 0 Å². The van der Waals surface area contributed by atoms with Crippen molar-refractivity contribution in [1.29, 1.82) is 0 Å². The number of hydrogen-bond acceptors (Lipinski definition) is 3. The van der Waals surface area contributed by atoms with Crippen LogP contribution < -0.4 is 10.5 Å². The number of benzene rings is 2. The zero-order valence-electron chi connectivity index (χ0n) is 13.5. The quantitative estimate of drug-likeness (QED) is 0.818. The second kappa shape index (κ2) is 7.73. The van der Waals surface area contributed by atoms with Gasteiger partial charge in [0.1, 0.15) is 0 Å². The fourth-order valence-corrected chi connectivity index (χ4v) is 3.70. The molecule has 3 unspecified atom stereocenters. The highest BCUT2D eigenvalue weighted by Gasteiger charge is 2.28. The lowest BCUT2D eigenvalue weighted by molar-refractivity contribution is 0.497. The largest absolute Gasteiger partial charge is 0.322 e. The third-order valence-electron chi connectivity index (χ3n) is 4.10. The Morgan fingerprint density at radius 2 is 1.43 bits per heavy atom. The van der Waals surface area contributed by atoms with Gasteiger partial charge in [0.25, 0.3) is 0 Å². The minimum Gasteiger partial charge on any atom is -0.322 e. The van der Waals surface area contributed by atoms with Gasteiger partial charge >= 0.3 is 0 Å². The molecule has 0 amide bonds. The van der Waals surface area contributed by atoms with Crippen LogP contribution in [0.15, 0.2) is 60.7 Å². The predicted molar refractivity (Wildman–Crippen MR) is 94.4 cm³/mol. The second-order valence-electron chi connectivity index (χ2n) is 5.71. The minimum absolute atomic E-state index is 0.461. The summed E-state index contributed by atoms with van der Waals surface area (Å²) in [6.45, 7) is 3.57. The van der Waals surface area contributed by atoms with E-state index in [9.17, 15) is 8.42 Å². The number of nitrogens with two attached hydrogens (primary N) is 1. The molecule has 0 aliphatic heterocycles. The van der Waals surface area contributed by atoms with Crippen LogP contribution in [0.3, 0.4) is 0 Å². The first-order valence-corrected chi connectivity index (χ1v) is 9.37. The zero-order valence-corrected chi connectivity index (χ0v) is 14.3. The molecule has 0 aliphatic carbocycles. The Bertz CT molecular complexity index is 702. The molecule has 0 aliphatic rings. The highest BCUT2D eigenvalue weighted by molar-refractivity contribution is 7.90. The zero-order chi connectivity index (χ0) is 16.9. The molecule has 0 heterocycles. The van der Waals surface area contributed by atoms with Crippen molar-refractivity contribution >= 4 is 10.0 Å². The van der Waals surface area contributed by atoms with E-state index in [2.05, 4.69) is 4.72 Å². The van der Waals surface area contributed by atoms with Crippen LogP contribution in [0.4, 0.5) is 0 Å². The molecule has 0 bridgehead atoms. The van der Waals surface area contributed by atoms with Crippen molar-refractivity contribution < 1.29 is 8.42 Å². The van der Waals surface area contributed by atoms with E-state index >= 15 is 0 Å². The molecule has 4 nitrogen and oxygen atoms in total. The van der Waals surface area contributed by atoms with Gasteiger partial charge in [-0.25, -0.2) is 13.1 Å². The smallest absolute Gasteiger partial charge is 0.214 e. The number of sulfonamides is 1. The molecule has 2 rings (SSSR count). The minimum atomic E-state index is -3.44. The monoisotopic (exact) mass is 332 g/mol. The van der Waals surface area contributed by atoms with Crippen molar-refractivity contribution in [2.75, 3.05) is 0 Å². The molecule has 0 radical (unpaired) electrons. The highest BCUT2D eigenvalue weighted by Crippen LogP contribution is 2.28. The summed E-state index contributed by atoms with van der Waals surface area (Å²) in [7, 11) is -3.44. The molecule has 2 aromatic rings. The average molecular weight is 332 g/mol. The number of rotatable bonds is 7.